The van der Waals surface area contributed by atoms with Gasteiger partial charge in [-0.2, -0.15) is 5.10 Å². The Balaban J connectivity index is 1.43. The Kier molecular flexibility index (Phi) is 6.27. The van der Waals surface area contributed by atoms with Crippen LogP contribution in [0.1, 0.15) is 13.8 Å². The second kappa shape index (κ2) is 9.08. The van der Waals surface area contributed by atoms with Crippen LogP contribution < -0.4 is 4.74 Å². The van der Waals surface area contributed by atoms with E-state index in [0.29, 0.717) is 22.9 Å². The van der Waals surface area contributed by atoms with Crippen molar-refractivity contribution in [1.29, 1.82) is 0 Å². The van der Waals surface area contributed by atoms with Crippen LogP contribution in [0.5, 0.6) is 11.5 Å². The van der Waals surface area contributed by atoms with Crippen molar-refractivity contribution in [1.82, 2.24) is 15.1 Å². The zero-order valence-corrected chi connectivity index (χ0v) is 17.9. The highest BCUT2D eigenvalue weighted by atomic mass is 35.5. The molecule has 7 heteroatoms. The molecular formula is C23H26ClN3O3. The highest BCUT2D eigenvalue weighted by molar-refractivity contribution is 6.30. The summed E-state index contributed by atoms with van der Waals surface area (Å²) < 4.78 is 11.6. The molecule has 0 spiro atoms. The molecule has 0 radical (unpaired) electrons. The molecule has 30 heavy (non-hydrogen) atoms. The largest absolute Gasteiger partial charge is 0.507 e. The molecule has 3 aromatic rings. The topological polar surface area (TPSA) is 70.6 Å². The molecule has 0 bridgehead atoms. The van der Waals surface area contributed by atoms with Crippen LogP contribution >= 0.6 is 11.6 Å². The number of nitrogens with one attached hydrogen (secondary N) is 1. The zero-order chi connectivity index (χ0) is 21.1. The molecule has 6 nitrogen and oxygen atoms in total. The number of phenols is 1. The van der Waals surface area contributed by atoms with Crippen molar-refractivity contribution < 1.29 is 14.6 Å². The normalized spacial score (nSPS) is 19.7. The molecule has 2 N–H and O–H groups in total. The van der Waals surface area contributed by atoms with Gasteiger partial charge >= 0.3 is 0 Å². The maximum absolute atomic E-state index is 10.6. The number of hydrogen-bond acceptors (Lipinski definition) is 5. The third-order valence-electron chi connectivity index (χ3n) is 5.20. The summed E-state index contributed by atoms with van der Waals surface area (Å²) in [4.78, 5) is 2.34. The smallest absolute Gasteiger partial charge is 0.128 e. The Morgan fingerprint density at radius 2 is 1.87 bits per heavy atom. The molecule has 1 saturated heterocycles. The number of aromatic hydroxyl groups is 1. The van der Waals surface area contributed by atoms with Gasteiger partial charge < -0.3 is 14.6 Å². The first-order valence-electron chi connectivity index (χ1n) is 10.1. The van der Waals surface area contributed by atoms with E-state index in [9.17, 15) is 5.11 Å². The van der Waals surface area contributed by atoms with Gasteiger partial charge in [-0.3, -0.25) is 10.00 Å². The summed E-state index contributed by atoms with van der Waals surface area (Å²) in [6, 6.07) is 12.9. The summed E-state index contributed by atoms with van der Waals surface area (Å²) in [6.45, 7) is 7.37. The molecule has 2 heterocycles. The second-order valence-corrected chi connectivity index (χ2v) is 8.15. The minimum Gasteiger partial charge on any atom is -0.507 e. The Bertz CT molecular complexity index is 980. The average Bonchev–Trinajstić information content (AvgIpc) is 3.17. The van der Waals surface area contributed by atoms with Crippen LogP contribution in [-0.2, 0) is 4.74 Å². The summed E-state index contributed by atoms with van der Waals surface area (Å²) in [6.07, 6.45) is 2.22. The van der Waals surface area contributed by atoms with E-state index in [4.69, 9.17) is 21.1 Å². The fourth-order valence-corrected chi connectivity index (χ4v) is 4.04. The minimum absolute atomic E-state index is 0.139. The Hall–Kier alpha value is -2.54. The van der Waals surface area contributed by atoms with Crippen LogP contribution in [0.15, 0.2) is 48.7 Å². The number of ether oxygens (including phenoxy) is 2. The summed E-state index contributed by atoms with van der Waals surface area (Å²) in [7, 11) is 0. The minimum atomic E-state index is 0.139. The summed E-state index contributed by atoms with van der Waals surface area (Å²) in [5, 5.41) is 18.4. The van der Waals surface area contributed by atoms with Crippen molar-refractivity contribution in [2.24, 2.45) is 0 Å². The molecule has 2 aromatic carbocycles. The van der Waals surface area contributed by atoms with E-state index >= 15 is 0 Å². The van der Waals surface area contributed by atoms with E-state index in [-0.39, 0.29) is 18.0 Å². The lowest BCUT2D eigenvalue weighted by Crippen LogP contribution is -2.46. The molecule has 0 unspecified atom stereocenters. The number of H-pyrrole nitrogens is 1. The van der Waals surface area contributed by atoms with Crippen LogP contribution in [0.4, 0.5) is 0 Å². The van der Waals surface area contributed by atoms with Gasteiger partial charge in [-0.1, -0.05) is 23.7 Å². The van der Waals surface area contributed by atoms with Gasteiger partial charge in [-0.05, 0) is 43.7 Å². The Morgan fingerprint density at radius 3 is 2.57 bits per heavy atom. The first-order chi connectivity index (χ1) is 14.5. The molecule has 0 amide bonds. The third kappa shape index (κ3) is 4.78. The van der Waals surface area contributed by atoms with Crippen LogP contribution in [-0.4, -0.2) is 58.7 Å². The monoisotopic (exact) mass is 427 g/mol. The van der Waals surface area contributed by atoms with Crippen LogP contribution in [0.3, 0.4) is 0 Å². The molecule has 0 aliphatic carbocycles. The quantitative estimate of drug-likeness (QED) is 0.602. The maximum Gasteiger partial charge on any atom is 0.128 e. The number of nitrogens with zero attached hydrogens (tertiary/aromatic N) is 2. The van der Waals surface area contributed by atoms with Crippen LogP contribution in [0, 0.1) is 0 Å². The SMILES string of the molecule is C[C@@H]1CN(CCOc2ccc(-c3[nH]ncc3-c3ccc(Cl)cc3)c(O)c2)C[C@H](C)O1. The highest BCUT2D eigenvalue weighted by Crippen LogP contribution is 2.37. The first kappa shape index (κ1) is 20.7. The van der Waals surface area contributed by atoms with Crippen LogP contribution in [0.2, 0.25) is 5.02 Å². The van der Waals surface area contributed by atoms with Crippen LogP contribution in [0.25, 0.3) is 22.4 Å². The van der Waals surface area contributed by atoms with Gasteiger partial charge in [0.2, 0.25) is 0 Å². The van der Waals surface area contributed by atoms with Gasteiger partial charge in [0.15, 0.2) is 0 Å². The lowest BCUT2D eigenvalue weighted by molar-refractivity contribution is -0.0699. The predicted octanol–water partition coefficient (Wildman–Crippen LogP) is 4.59. The molecular weight excluding hydrogens is 402 g/mol. The molecule has 1 fully saturated rings. The number of benzene rings is 2. The molecule has 158 valence electrons. The van der Waals surface area contributed by atoms with Gasteiger partial charge in [0.25, 0.3) is 0 Å². The van der Waals surface area contributed by atoms with E-state index in [0.717, 1.165) is 36.5 Å². The summed E-state index contributed by atoms with van der Waals surface area (Å²) in [5.74, 6) is 0.777. The van der Waals surface area contributed by atoms with Crippen molar-refractivity contribution >= 4 is 11.6 Å². The lowest BCUT2D eigenvalue weighted by Gasteiger charge is -2.35. The Labute approximate surface area is 181 Å². The van der Waals surface area contributed by atoms with Gasteiger partial charge in [0.05, 0.1) is 24.1 Å². The molecule has 1 aliphatic rings. The number of phenolic OH excluding ortho intramolecular Hbond substituents is 1. The highest BCUT2D eigenvalue weighted by Gasteiger charge is 2.21. The van der Waals surface area contributed by atoms with Crippen molar-refractivity contribution in [3.05, 3.63) is 53.7 Å². The fraction of sp³-hybridized carbons (Fsp3) is 0.348. The fourth-order valence-electron chi connectivity index (χ4n) is 3.91. The first-order valence-corrected chi connectivity index (χ1v) is 10.5. The van der Waals surface area contributed by atoms with Gasteiger partial charge in [-0.15, -0.1) is 0 Å². The van der Waals surface area contributed by atoms with Gasteiger partial charge in [0, 0.05) is 41.9 Å². The standard InChI is InChI=1S/C23H26ClN3O3/c1-15-13-27(14-16(2)30-15)9-10-29-19-7-8-20(22(28)11-19)23-21(12-25-26-23)17-3-5-18(24)6-4-17/h3-8,11-12,15-16,28H,9-10,13-14H2,1-2H3,(H,25,26)/t15-,16+. The van der Waals surface area contributed by atoms with Crippen molar-refractivity contribution in [2.75, 3.05) is 26.2 Å². The van der Waals surface area contributed by atoms with Crippen molar-refractivity contribution in [3.8, 4) is 33.9 Å². The molecule has 0 saturated carbocycles. The number of rotatable bonds is 6. The number of halogens is 1. The van der Waals surface area contributed by atoms with E-state index in [2.05, 4.69) is 28.9 Å². The number of aromatic nitrogens is 2. The molecule has 1 aromatic heterocycles. The van der Waals surface area contributed by atoms with E-state index in [1.165, 1.54) is 0 Å². The van der Waals surface area contributed by atoms with Crippen molar-refractivity contribution in [3.63, 3.8) is 0 Å². The maximum atomic E-state index is 10.6. The third-order valence-corrected chi connectivity index (χ3v) is 5.46. The number of morpholine rings is 1. The van der Waals surface area contributed by atoms with E-state index in [1.54, 1.807) is 12.3 Å². The van der Waals surface area contributed by atoms with Gasteiger partial charge in [0.1, 0.15) is 18.1 Å². The van der Waals surface area contributed by atoms with E-state index < -0.39 is 0 Å². The average molecular weight is 428 g/mol. The second-order valence-electron chi connectivity index (χ2n) is 7.71. The lowest BCUT2D eigenvalue weighted by atomic mass is 10.0. The van der Waals surface area contributed by atoms with Crippen molar-refractivity contribution in [2.45, 2.75) is 26.1 Å². The predicted molar refractivity (Wildman–Crippen MR) is 118 cm³/mol. The number of aromatic amines is 1. The Morgan fingerprint density at radius 1 is 1.13 bits per heavy atom. The molecule has 4 rings (SSSR count). The molecule has 2 atom stereocenters. The summed E-state index contributed by atoms with van der Waals surface area (Å²) in [5.41, 5.74) is 3.28. The van der Waals surface area contributed by atoms with Gasteiger partial charge in [-0.25, -0.2) is 0 Å². The molecule has 1 aliphatic heterocycles. The number of hydrogen-bond donors (Lipinski definition) is 2. The summed E-state index contributed by atoms with van der Waals surface area (Å²) >= 11 is 5.99. The van der Waals surface area contributed by atoms with E-state index in [1.807, 2.05) is 36.4 Å². The zero-order valence-electron chi connectivity index (χ0n) is 17.1.